The van der Waals surface area contributed by atoms with Gasteiger partial charge < -0.3 is 59.4 Å². The summed E-state index contributed by atoms with van der Waals surface area (Å²) in [4.78, 5) is 0. The van der Waals surface area contributed by atoms with Crippen molar-refractivity contribution in [1.29, 1.82) is 0 Å². The summed E-state index contributed by atoms with van der Waals surface area (Å²) in [5, 5.41) is 2.24. The first-order valence-corrected chi connectivity index (χ1v) is 13.9. The van der Waals surface area contributed by atoms with E-state index < -0.39 is 0 Å². The van der Waals surface area contributed by atoms with Crippen LogP contribution < -0.4 is 68.6 Å². The Morgan fingerprint density at radius 2 is 0.889 bits per heavy atom. The highest BCUT2D eigenvalue weighted by molar-refractivity contribution is 9.10. The van der Waals surface area contributed by atoms with Crippen LogP contribution in [0.1, 0.15) is 51.4 Å². The van der Waals surface area contributed by atoms with Crippen molar-refractivity contribution in [2.75, 3.05) is 11.5 Å². The number of pyridine rings is 2. The second-order valence-corrected chi connectivity index (χ2v) is 10.9. The molecule has 4 N–H and O–H groups in total. The topological polar surface area (TPSA) is 59.8 Å². The molecule has 4 nitrogen and oxygen atoms in total. The molecule has 0 bridgehead atoms. The van der Waals surface area contributed by atoms with Gasteiger partial charge in [0.25, 0.3) is 0 Å². The number of aromatic nitrogens is 2. The highest BCUT2D eigenvalue weighted by atomic mass is 127. The number of benzene rings is 2. The fourth-order valence-corrected chi connectivity index (χ4v) is 5.40. The summed E-state index contributed by atoms with van der Waals surface area (Å²) >= 11 is 7.10. The van der Waals surface area contributed by atoms with Crippen molar-refractivity contribution in [3.63, 3.8) is 0 Å². The van der Waals surface area contributed by atoms with E-state index in [1.807, 2.05) is 12.1 Å². The molecular weight excluding hydrogens is 806 g/mol. The monoisotopic (exact) mass is 838 g/mol. The number of unbranched alkanes of at least 4 members (excludes halogenated alkanes) is 7. The third-order valence-corrected chi connectivity index (χ3v) is 7.56. The predicted octanol–water partition coefficient (Wildman–Crippen LogP) is 1.09. The molecule has 0 saturated heterocycles. The lowest BCUT2D eigenvalue weighted by molar-refractivity contribution is -0.672. The van der Waals surface area contributed by atoms with E-state index in [0.29, 0.717) is 0 Å². The molecule has 2 heterocycles. The molecule has 0 aliphatic rings. The standard InChI is InChI=1S/C28H32Br2N4.2HI/c29-21-9-11-27-23(19-21)25(31)13-17-33(27)15-7-5-3-1-2-4-6-8-16-34-18-14-26(32)24-20-22(30)10-12-28(24)34;;/h9-14,17-20,31-32H,1-8,15-16H2;2*1H. The van der Waals surface area contributed by atoms with E-state index in [0.717, 1.165) is 44.2 Å². The lowest BCUT2D eigenvalue weighted by atomic mass is 10.1. The summed E-state index contributed by atoms with van der Waals surface area (Å²) in [6, 6.07) is 16.7. The van der Waals surface area contributed by atoms with Crippen LogP contribution in [-0.4, -0.2) is 0 Å². The number of halogens is 4. The number of nitrogen functional groups attached to an aromatic ring is 2. The molecule has 0 fully saturated rings. The minimum atomic E-state index is 0. The number of hydrogen-bond acceptors (Lipinski definition) is 2. The normalized spacial score (nSPS) is 10.8. The van der Waals surface area contributed by atoms with Gasteiger partial charge in [0.05, 0.1) is 22.1 Å². The highest BCUT2D eigenvalue weighted by Gasteiger charge is 2.12. The fourth-order valence-electron chi connectivity index (χ4n) is 4.68. The number of anilines is 2. The van der Waals surface area contributed by atoms with Crippen LogP contribution in [0, 0.1) is 0 Å². The molecule has 4 aromatic rings. The minimum Gasteiger partial charge on any atom is -1.00 e. The quantitative estimate of drug-likeness (QED) is 0.135. The molecule has 0 radical (unpaired) electrons. The van der Waals surface area contributed by atoms with Crippen molar-refractivity contribution in [3.05, 3.63) is 69.9 Å². The lowest BCUT2D eigenvalue weighted by Gasteiger charge is -2.06. The molecular formula is C28H34Br2I2N4. The van der Waals surface area contributed by atoms with E-state index in [1.165, 1.54) is 62.4 Å². The number of nitrogens with two attached hydrogens (primary N) is 2. The largest absolute Gasteiger partial charge is 1.00 e. The zero-order valence-corrected chi connectivity index (χ0v) is 27.9. The van der Waals surface area contributed by atoms with Gasteiger partial charge in [0, 0.05) is 46.1 Å². The Kier molecular flexibility index (Phi) is 13.7. The number of fused-ring (bicyclic) bond motifs is 2. The third-order valence-electron chi connectivity index (χ3n) is 6.57. The van der Waals surface area contributed by atoms with Crippen molar-refractivity contribution in [1.82, 2.24) is 0 Å². The second-order valence-electron chi connectivity index (χ2n) is 9.08. The average Bonchev–Trinajstić information content (AvgIpc) is 2.83. The van der Waals surface area contributed by atoms with Crippen LogP contribution in [0.5, 0.6) is 0 Å². The molecule has 0 saturated carbocycles. The van der Waals surface area contributed by atoms with Crippen molar-refractivity contribution >= 4 is 65.0 Å². The van der Waals surface area contributed by atoms with Gasteiger partial charge in [-0.05, 0) is 37.1 Å². The SMILES string of the molecule is Nc1cc[n+](CCCCCCCCCC[n+]2ccc(N)c3cc(Br)ccc32)c2ccc(Br)cc12.[I-].[I-]. The Labute approximate surface area is 265 Å². The minimum absolute atomic E-state index is 0. The smallest absolute Gasteiger partial charge is 0.214 e. The fraction of sp³-hybridized carbons (Fsp3) is 0.357. The van der Waals surface area contributed by atoms with Gasteiger partial charge >= 0.3 is 0 Å². The highest BCUT2D eigenvalue weighted by Crippen LogP contribution is 2.23. The van der Waals surface area contributed by atoms with Crippen LogP contribution in [0.15, 0.2) is 69.9 Å². The number of rotatable bonds is 11. The molecule has 0 atom stereocenters. The molecule has 0 spiro atoms. The van der Waals surface area contributed by atoms with Gasteiger partial charge in [-0.2, -0.15) is 9.13 Å². The molecule has 2 aromatic carbocycles. The zero-order chi connectivity index (χ0) is 23.9. The van der Waals surface area contributed by atoms with Gasteiger partial charge in [-0.25, -0.2) is 0 Å². The van der Waals surface area contributed by atoms with Gasteiger partial charge in [-0.1, -0.05) is 57.5 Å². The maximum Gasteiger partial charge on any atom is 0.214 e. The Balaban J connectivity index is 0.00000228. The average molecular weight is 840 g/mol. The van der Waals surface area contributed by atoms with Gasteiger partial charge in [0.1, 0.15) is 13.1 Å². The first-order chi connectivity index (χ1) is 16.5. The second kappa shape index (κ2) is 15.6. The van der Waals surface area contributed by atoms with Gasteiger partial charge in [-0.3, -0.25) is 0 Å². The maximum absolute atomic E-state index is 6.16. The molecule has 2 aromatic heterocycles. The van der Waals surface area contributed by atoms with E-state index in [-0.39, 0.29) is 48.0 Å². The van der Waals surface area contributed by atoms with Crippen LogP contribution in [0.2, 0.25) is 0 Å². The summed E-state index contributed by atoms with van der Waals surface area (Å²) < 4.78 is 6.79. The van der Waals surface area contributed by atoms with Crippen LogP contribution in [0.25, 0.3) is 21.8 Å². The van der Waals surface area contributed by atoms with Crippen LogP contribution in [0.4, 0.5) is 11.4 Å². The van der Waals surface area contributed by atoms with E-state index in [2.05, 4.69) is 89.8 Å². The van der Waals surface area contributed by atoms with Crippen molar-refractivity contribution < 1.29 is 57.1 Å². The van der Waals surface area contributed by atoms with E-state index in [9.17, 15) is 0 Å². The summed E-state index contributed by atoms with van der Waals surface area (Å²) in [7, 11) is 0. The zero-order valence-electron chi connectivity index (χ0n) is 20.4. The van der Waals surface area contributed by atoms with Crippen molar-refractivity contribution in [2.24, 2.45) is 0 Å². The molecule has 4 rings (SSSR count). The van der Waals surface area contributed by atoms with Gasteiger partial charge in [-0.15, -0.1) is 0 Å². The third kappa shape index (κ3) is 8.39. The van der Waals surface area contributed by atoms with Crippen LogP contribution in [0.3, 0.4) is 0 Å². The molecule has 36 heavy (non-hydrogen) atoms. The van der Waals surface area contributed by atoms with Crippen molar-refractivity contribution in [2.45, 2.75) is 64.5 Å². The number of nitrogens with zero attached hydrogens (tertiary/aromatic N) is 2. The van der Waals surface area contributed by atoms with E-state index in [4.69, 9.17) is 11.5 Å². The Hall–Kier alpha value is -0.720. The van der Waals surface area contributed by atoms with Gasteiger partial charge in [0.15, 0.2) is 12.4 Å². The maximum atomic E-state index is 6.16. The molecule has 0 unspecified atom stereocenters. The van der Waals surface area contributed by atoms with E-state index in [1.54, 1.807) is 0 Å². The summed E-state index contributed by atoms with van der Waals surface area (Å²) in [6.45, 7) is 2.09. The number of aryl methyl sites for hydroxylation is 2. The molecule has 0 aliphatic carbocycles. The molecule has 0 aliphatic heterocycles. The summed E-state index contributed by atoms with van der Waals surface area (Å²) in [5.74, 6) is 0. The van der Waals surface area contributed by atoms with Crippen LogP contribution in [-0.2, 0) is 13.1 Å². The summed E-state index contributed by atoms with van der Waals surface area (Å²) in [6.07, 6.45) is 14.5. The lowest BCUT2D eigenvalue weighted by Crippen LogP contribution is -3.00. The van der Waals surface area contributed by atoms with Gasteiger partial charge in [0.2, 0.25) is 11.0 Å². The summed E-state index contributed by atoms with van der Waals surface area (Å²) in [5.41, 5.74) is 16.4. The predicted molar refractivity (Wildman–Crippen MR) is 149 cm³/mol. The van der Waals surface area contributed by atoms with Crippen molar-refractivity contribution in [3.8, 4) is 0 Å². The first kappa shape index (κ1) is 31.5. The molecule has 0 amide bonds. The Bertz CT molecular complexity index is 1180. The Morgan fingerprint density at radius 3 is 1.28 bits per heavy atom. The number of hydrogen-bond donors (Lipinski definition) is 2. The van der Waals surface area contributed by atoms with Crippen LogP contribution >= 0.6 is 31.9 Å². The first-order valence-electron chi connectivity index (χ1n) is 12.3. The molecule has 194 valence electrons. The van der Waals surface area contributed by atoms with E-state index >= 15 is 0 Å². The Morgan fingerprint density at radius 1 is 0.528 bits per heavy atom. The molecule has 8 heteroatoms.